The summed E-state index contributed by atoms with van der Waals surface area (Å²) in [5, 5.41) is 0. The molecule has 0 fully saturated rings. The maximum absolute atomic E-state index is 5.70. The summed E-state index contributed by atoms with van der Waals surface area (Å²) < 4.78 is 5.70. The molecule has 13 heavy (non-hydrogen) atoms. The van der Waals surface area contributed by atoms with Crippen molar-refractivity contribution in [3.63, 3.8) is 0 Å². The maximum atomic E-state index is 5.70. The molecule has 1 nitrogen and oxygen atoms in total. The minimum atomic E-state index is 0.507. The van der Waals surface area contributed by atoms with E-state index in [1.165, 1.54) is 6.42 Å². The number of hydrogen-bond acceptors (Lipinski definition) is 1. The average Bonchev–Trinajstić information content (AvgIpc) is 2.48. The van der Waals surface area contributed by atoms with Gasteiger partial charge in [0.2, 0.25) is 0 Å². The standard InChI is InChI=1S/C12H20O/c1-9(2)5-6-11-7-8-12(13-11)10(3)4/h7-10H,5-6H2,1-4H3. The summed E-state index contributed by atoms with van der Waals surface area (Å²) in [6.45, 7) is 8.80. The molecule has 0 saturated heterocycles. The Bertz CT molecular complexity index is 245. The Labute approximate surface area is 81.1 Å². The van der Waals surface area contributed by atoms with E-state index in [0.29, 0.717) is 5.92 Å². The summed E-state index contributed by atoms with van der Waals surface area (Å²) in [5.74, 6) is 3.51. The molecule has 74 valence electrons. The van der Waals surface area contributed by atoms with Crippen LogP contribution < -0.4 is 0 Å². The van der Waals surface area contributed by atoms with Gasteiger partial charge in [-0.1, -0.05) is 27.7 Å². The minimum absolute atomic E-state index is 0.507. The molecular formula is C12H20O. The molecule has 1 aromatic heterocycles. The van der Waals surface area contributed by atoms with Gasteiger partial charge < -0.3 is 4.42 Å². The van der Waals surface area contributed by atoms with Crippen LogP contribution in [0.3, 0.4) is 0 Å². The second-order valence-corrected chi connectivity index (χ2v) is 4.39. The molecule has 0 unspecified atom stereocenters. The fourth-order valence-corrected chi connectivity index (χ4v) is 1.27. The molecule has 0 amide bonds. The van der Waals surface area contributed by atoms with Crippen molar-refractivity contribution in [3.05, 3.63) is 23.7 Å². The van der Waals surface area contributed by atoms with Crippen LogP contribution in [0.2, 0.25) is 0 Å². The quantitative estimate of drug-likeness (QED) is 0.682. The zero-order chi connectivity index (χ0) is 9.84. The van der Waals surface area contributed by atoms with Crippen molar-refractivity contribution in [1.29, 1.82) is 0 Å². The summed E-state index contributed by atoms with van der Waals surface area (Å²) in [4.78, 5) is 0. The van der Waals surface area contributed by atoms with Crippen molar-refractivity contribution < 1.29 is 4.42 Å². The molecule has 0 aliphatic heterocycles. The summed E-state index contributed by atoms with van der Waals surface area (Å²) in [7, 11) is 0. The van der Waals surface area contributed by atoms with Crippen molar-refractivity contribution >= 4 is 0 Å². The topological polar surface area (TPSA) is 13.1 Å². The van der Waals surface area contributed by atoms with E-state index in [1.807, 2.05) is 0 Å². The van der Waals surface area contributed by atoms with Gasteiger partial charge in [0.05, 0.1) is 0 Å². The second-order valence-electron chi connectivity index (χ2n) is 4.39. The van der Waals surface area contributed by atoms with Gasteiger partial charge in [-0.05, 0) is 24.5 Å². The van der Waals surface area contributed by atoms with E-state index < -0.39 is 0 Å². The van der Waals surface area contributed by atoms with E-state index >= 15 is 0 Å². The van der Waals surface area contributed by atoms with Gasteiger partial charge in [0.25, 0.3) is 0 Å². The van der Waals surface area contributed by atoms with E-state index in [-0.39, 0.29) is 0 Å². The molecule has 0 saturated carbocycles. The average molecular weight is 180 g/mol. The highest BCUT2D eigenvalue weighted by atomic mass is 16.3. The lowest BCUT2D eigenvalue weighted by molar-refractivity contribution is 0.430. The number of rotatable bonds is 4. The fourth-order valence-electron chi connectivity index (χ4n) is 1.27. The number of aryl methyl sites for hydroxylation is 1. The predicted octanol–water partition coefficient (Wildman–Crippen LogP) is 3.99. The van der Waals surface area contributed by atoms with Gasteiger partial charge in [-0.15, -0.1) is 0 Å². The van der Waals surface area contributed by atoms with Crippen LogP contribution in [0.25, 0.3) is 0 Å². The first-order valence-corrected chi connectivity index (χ1v) is 5.18. The smallest absolute Gasteiger partial charge is 0.106 e. The van der Waals surface area contributed by atoms with Gasteiger partial charge >= 0.3 is 0 Å². The lowest BCUT2D eigenvalue weighted by Gasteiger charge is -2.02. The first kappa shape index (κ1) is 10.4. The molecule has 0 N–H and O–H groups in total. The zero-order valence-corrected chi connectivity index (χ0v) is 9.13. The van der Waals surface area contributed by atoms with Crippen LogP contribution in [0, 0.1) is 5.92 Å². The van der Waals surface area contributed by atoms with Crippen LogP contribution in [0.15, 0.2) is 16.5 Å². The van der Waals surface area contributed by atoms with Crippen LogP contribution >= 0.6 is 0 Å². The highest BCUT2D eigenvalue weighted by Crippen LogP contribution is 2.19. The molecule has 0 radical (unpaired) electrons. The Morgan fingerprint density at radius 3 is 2.31 bits per heavy atom. The summed E-state index contributed by atoms with van der Waals surface area (Å²) in [5.41, 5.74) is 0. The number of hydrogen-bond donors (Lipinski definition) is 0. The lowest BCUT2D eigenvalue weighted by Crippen LogP contribution is -1.90. The van der Waals surface area contributed by atoms with Gasteiger partial charge in [0.15, 0.2) is 0 Å². The third kappa shape index (κ3) is 3.25. The van der Waals surface area contributed by atoms with Crippen LogP contribution in [0.1, 0.15) is 51.6 Å². The first-order chi connectivity index (χ1) is 6.09. The number of furan rings is 1. The van der Waals surface area contributed by atoms with Gasteiger partial charge in [0, 0.05) is 12.3 Å². The van der Waals surface area contributed by atoms with Crippen LogP contribution in [0.4, 0.5) is 0 Å². The largest absolute Gasteiger partial charge is 0.466 e. The van der Waals surface area contributed by atoms with E-state index in [9.17, 15) is 0 Å². The van der Waals surface area contributed by atoms with Gasteiger partial charge in [-0.2, -0.15) is 0 Å². The van der Waals surface area contributed by atoms with E-state index in [1.54, 1.807) is 0 Å². The summed E-state index contributed by atoms with van der Waals surface area (Å²) in [6, 6.07) is 4.21. The summed E-state index contributed by atoms with van der Waals surface area (Å²) in [6.07, 6.45) is 2.29. The predicted molar refractivity (Wildman–Crippen MR) is 56.0 cm³/mol. The van der Waals surface area contributed by atoms with Crippen molar-refractivity contribution in [2.75, 3.05) is 0 Å². The van der Waals surface area contributed by atoms with Crippen molar-refractivity contribution in [1.82, 2.24) is 0 Å². The fraction of sp³-hybridized carbons (Fsp3) is 0.667. The first-order valence-electron chi connectivity index (χ1n) is 5.18. The Balaban J connectivity index is 2.49. The summed E-state index contributed by atoms with van der Waals surface area (Å²) >= 11 is 0. The minimum Gasteiger partial charge on any atom is -0.466 e. The van der Waals surface area contributed by atoms with Crippen molar-refractivity contribution in [3.8, 4) is 0 Å². The molecular weight excluding hydrogens is 160 g/mol. The van der Waals surface area contributed by atoms with Crippen LogP contribution in [-0.4, -0.2) is 0 Å². The molecule has 0 aromatic carbocycles. The normalized spacial score (nSPS) is 11.5. The van der Waals surface area contributed by atoms with Gasteiger partial charge in [-0.25, -0.2) is 0 Å². The molecule has 1 heterocycles. The zero-order valence-electron chi connectivity index (χ0n) is 9.13. The molecule has 1 heteroatoms. The Hall–Kier alpha value is -0.720. The molecule has 0 aliphatic rings. The molecule has 1 rings (SSSR count). The van der Waals surface area contributed by atoms with E-state index in [2.05, 4.69) is 39.8 Å². The maximum Gasteiger partial charge on any atom is 0.106 e. The van der Waals surface area contributed by atoms with E-state index in [0.717, 1.165) is 23.9 Å². The molecule has 0 bridgehead atoms. The van der Waals surface area contributed by atoms with E-state index in [4.69, 9.17) is 4.42 Å². The van der Waals surface area contributed by atoms with Gasteiger partial charge in [0.1, 0.15) is 11.5 Å². The highest BCUT2D eigenvalue weighted by Gasteiger charge is 2.05. The SMILES string of the molecule is CC(C)CCc1ccc(C(C)C)o1. The highest BCUT2D eigenvalue weighted by molar-refractivity contribution is 5.10. The van der Waals surface area contributed by atoms with Crippen molar-refractivity contribution in [2.24, 2.45) is 5.92 Å². The molecule has 0 aliphatic carbocycles. The Kier molecular flexibility index (Phi) is 3.58. The lowest BCUT2D eigenvalue weighted by atomic mass is 10.1. The monoisotopic (exact) mass is 180 g/mol. The molecule has 1 aromatic rings. The van der Waals surface area contributed by atoms with Crippen molar-refractivity contribution in [2.45, 2.75) is 46.5 Å². The third-order valence-corrected chi connectivity index (χ3v) is 2.22. The Morgan fingerprint density at radius 2 is 1.85 bits per heavy atom. The molecule has 0 spiro atoms. The third-order valence-electron chi connectivity index (χ3n) is 2.22. The van der Waals surface area contributed by atoms with Crippen LogP contribution in [-0.2, 0) is 6.42 Å². The second kappa shape index (κ2) is 4.50. The Morgan fingerprint density at radius 1 is 1.15 bits per heavy atom. The van der Waals surface area contributed by atoms with Crippen LogP contribution in [0.5, 0.6) is 0 Å². The molecule has 0 atom stereocenters. The van der Waals surface area contributed by atoms with Gasteiger partial charge in [-0.3, -0.25) is 0 Å².